The van der Waals surface area contributed by atoms with Crippen molar-refractivity contribution < 1.29 is 19.4 Å². The van der Waals surface area contributed by atoms with Crippen LogP contribution in [0, 0.1) is 11.8 Å². The normalized spacial score (nSPS) is 17.3. The summed E-state index contributed by atoms with van der Waals surface area (Å²) in [6.07, 6.45) is 0. The van der Waals surface area contributed by atoms with Gasteiger partial charge in [0.25, 0.3) is 0 Å². The molecular formula is C11H22O4. The summed E-state index contributed by atoms with van der Waals surface area (Å²) in [7, 11) is 1.50. The van der Waals surface area contributed by atoms with Crippen LogP contribution in [0.4, 0.5) is 0 Å². The van der Waals surface area contributed by atoms with E-state index >= 15 is 0 Å². The van der Waals surface area contributed by atoms with Crippen LogP contribution in [0.2, 0.25) is 0 Å². The highest BCUT2D eigenvalue weighted by Gasteiger charge is 2.40. The third kappa shape index (κ3) is 4.18. The number of carbonyl (C=O) groups is 1. The summed E-state index contributed by atoms with van der Waals surface area (Å²) in [6.45, 7) is 7.55. The zero-order valence-electron chi connectivity index (χ0n) is 10.2. The first kappa shape index (κ1) is 14.4. The summed E-state index contributed by atoms with van der Waals surface area (Å²) in [4.78, 5) is 11.7. The van der Waals surface area contributed by atoms with Crippen LogP contribution in [0.5, 0.6) is 0 Å². The minimum atomic E-state index is -1.19. The molecule has 0 aliphatic carbocycles. The van der Waals surface area contributed by atoms with Crippen molar-refractivity contribution in [1.29, 1.82) is 0 Å². The molecule has 0 fully saturated rings. The molecule has 0 spiro atoms. The van der Waals surface area contributed by atoms with E-state index in [1.807, 2.05) is 13.8 Å². The number of methoxy groups -OCH3 is 1. The highest BCUT2D eigenvalue weighted by Crippen LogP contribution is 2.26. The van der Waals surface area contributed by atoms with Crippen LogP contribution in [0.1, 0.15) is 27.7 Å². The molecule has 0 aromatic rings. The van der Waals surface area contributed by atoms with Crippen LogP contribution < -0.4 is 0 Å². The third-order valence-corrected chi connectivity index (χ3v) is 2.31. The molecule has 4 heteroatoms. The van der Waals surface area contributed by atoms with Crippen LogP contribution in [0.25, 0.3) is 0 Å². The molecule has 0 rings (SSSR count). The van der Waals surface area contributed by atoms with Crippen molar-refractivity contribution in [3.8, 4) is 0 Å². The fourth-order valence-corrected chi connectivity index (χ4v) is 1.86. The lowest BCUT2D eigenvalue weighted by atomic mass is 9.81. The Bertz CT molecular complexity index is 199. The van der Waals surface area contributed by atoms with Crippen molar-refractivity contribution >= 4 is 5.97 Å². The minimum absolute atomic E-state index is 0.00852. The number of aliphatic hydroxyl groups is 1. The topological polar surface area (TPSA) is 55.8 Å². The fraction of sp³-hybridized carbons (Fsp3) is 0.909. The van der Waals surface area contributed by atoms with E-state index in [1.54, 1.807) is 13.8 Å². The van der Waals surface area contributed by atoms with Gasteiger partial charge in [0.05, 0.1) is 24.7 Å². The molecule has 2 atom stereocenters. The van der Waals surface area contributed by atoms with Crippen molar-refractivity contribution in [2.75, 3.05) is 20.3 Å². The average Bonchev–Trinajstić information content (AvgIpc) is 2.02. The van der Waals surface area contributed by atoms with Gasteiger partial charge >= 0.3 is 5.97 Å². The van der Waals surface area contributed by atoms with Gasteiger partial charge in [-0.1, -0.05) is 13.8 Å². The Labute approximate surface area is 91.6 Å². The first-order valence-corrected chi connectivity index (χ1v) is 5.24. The second-order valence-electron chi connectivity index (χ2n) is 4.26. The molecule has 0 aromatic heterocycles. The second kappa shape index (κ2) is 6.08. The maximum Gasteiger partial charge on any atom is 0.312 e. The number of rotatable bonds is 6. The van der Waals surface area contributed by atoms with Crippen LogP contribution in [0.15, 0.2) is 0 Å². The first-order valence-electron chi connectivity index (χ1n) is 5.24. The van der Waals surface area contributed by atoms with Gasteiger partial charge < -0.3 is 14.6 Å². The Hall–Kier alpha value is -0.610. The molecule has 0 aliphatic rings. The molecule has 0 aliphatic heterocycles. The monoisotopic (exact) mass is 218 g/mol. The van der Waals surface area contributed by atoms with Crippen molar-refractivity contribution in [1.82, 2.24) is 0 Å². The Morgan fingerprint density at radius 3 is 2.33 bits per heavy atom. The zero-order valence-corrected chi connectivity index (χ0v) is 10.2. The molecule has 4 nitrogen and oxygen atoms in total. The van der Waals surface area contributed by atoms with E-state index in [0.29, 0.717) is 6.61 Å². The van der Waals surface area contributed by atoms with E-state index in [1.165, 1.54) is 7.11 Å². The van der Waals surface area contributed by atoms with Gasteiger partial charge in [0.1, 0.15) is 0 Å². The molecule has 0 bridgehead atoms. The van der Waals surface area contributed by atoms with Gasteiger partial charge in [-0.05, 0) is 19.8 Å². The Balaban J connectivity index is 4.71. The molecule has 0 heterocycles. The van der Waals surface area contributed by atoms with Crippen LogP contribution in [0.3, 0.4) is 0 Å². The van der Waals surface area contributed by atoms with Crippen molar-refractivity contribution in [2.24, 2.45) is 11.8 Å². The highest BCUT2D eigenvalue weighted by molar-refractivity contribution is 5.74. The lowest BCUT2D eigenvalue weighted by Gasteiger charge is -2.33. The molecule has 1 N–H and O–H groups in total. The SMILES string of the molecule is CCOC(=O)C(C(C)C)C(C)(O)COC. The predicted molar refractivity (Wildman–Crippen MR) is 57.5 cm³/mol. The minimum Gasteiger partial charge on any atom is -0.466 e. The maximum absolute atomic E-state index is 11.7. The summed E-state index contributed by atoms with van der Waals surface area (Å²) >= 11 is 0. The van der Waals surface area contributed by atoms with Gasteiger partial charge in [-0.2, -0.15) is 0 Å². The van der Waals surface area contributed by atoms with Crippen molar-refractivity contribution in [3.05, 3.63) is 0 Å². The average molecular weight is 218 g/mol. The fourth-order valence-electron chi connectivity index (χ4n) is 1.86. The number of ether oxygens (including phenoxy) is 2. The van der Waals surface area contributed by atoms with Crippen LogP contribution in [-0.2, 0) is 14.3 Å². The van der Waals surface area contributed by atoms with E-state index in [4.69, 9.17) is 9.47 Å². The number of esters is 1. The van der Waals surface area contributed by atoms with Crippen molar-refractivity contribution in [3.63, 3.8) is 0 Å². The van der Waals surface area contributed by atoms with Gasteiger partial charge in [0.2, 0.25) is 0 Å². The number of hydrogen-bond donors (Lipinski definition) is 1. The van der Waals surface area contributed by atoms with Gasteiger partial charge in [-0.3, -0.25) is 4.79 Å². The lowest BCUT2D eigenvalue weighted by Crippen LogP contribution is -2.46. The first-order chi connectivity index (χ1) is 6.86. The van der Waals surface area contributed by atoms with Gasteiger partial charge in [-0.25, -0.2) is 0 Å². The summed E-state index contributed by atoms with van der Waals surface area (Å²) < 4.78 is 9.85. The van der Waals surface area contributed by atoms with Gasteiger partial charge in [0.15, 0.2) is 0 Å². The predicted octanol–water partition coefficient (Wildman–Crippen LogP) is 1.22. The van der Waals surface area contributed by atoms with E-state index < -0.39 is 11.5 Å². The largest absolute Gasteiger partial charge is 0.466 e. The number of hydrogen-bond acceptors (Lipinski definition) is 4. The van der Waals surface area contributed by atoms with E-state index in [2.05, 4.69) is 0 Å². The third-order valence-electron chi connectivity index (χ3n) is 2.31. The smallest absolute Gasteiger partial charge is 0.312 e. The Kier molecular flexibility index (Phi) is 5.83. The summed E-state index contributed by atoms with van der Waals surface area (Å²) in [5.41, 5.74) is -1.19. The highest BCUT2D eigenvalue weighted by atomic mass is 16.5. The van der Waals surface area contributed by atoms with E-state index in [0.717, 1.165) is 0 Å². The van der Waals surface area contributed by atoms with E-state index in [9.17, 15) is 9.90 Å². The summed E-state index contributed by atoms with van der Waals surface area (Å²) in [6, 6.07) is 0. The second-order valence-corrected chi connectivity index (χ2v) is 4.26. The van der Waals surface area contributed by atoms with Crippen LogP contribution in [-0.4, -0.2) is 37.0 Å². The summed E-state index contributed by atoms with van der Waals surface area (Å²) in [5.74, 6) is -0.916. The zero-order chi connectivity index (χ0) is 12.1. The molecule has 15 heavy (non-hydrogen) atoms. The molecule has 0 amide bonds. The molecule has 2 unspecified atom stereocenters. The molecule has 90 valence electrons. The Morgan fingerprint density at radius 2 is 2.00 bits per heavy atom. The van der Waals surface area contributed by atoms with Crippen LogP contribution >= 0.6 is 0 Å². The summed E-state index contributed by atoms with van der Waals surface area (Å²) in [5, 5.41) is 10.1. The molecule has 0 aromatic carbocycles. The van der Waals surface area contributed by atoms with Crippen molar-refractivity contribution in [2.45, 2.75) is 33.3 Å². The van der Waals surface area contributed by atoms with Gasteiger partial charge in [-0.15, -0.1) is 0 Å². The quantitative estimate of drug-likeness (QED) is 0.681. The standard InChI is InChI=1S/C11H22O4/c1-6-15-10(12)9(8(2)3)11(4,13)7-14-5/h8-9,13H,6-7H2,1-5H3. The molecular weight excluding hydrogens is 196 g/mol. The maximum atomic E-state index is 11.7. The van der Waals surface area contributed by atoms with Gasteiger partial charge in [0, 0.05) is 7.11 Å². The molecule has 0 saturated carbocycles. The number of carbonyl (C=O) groups excluding carboxylic acids is 1. The Morgan fingerprint density at radius 1 is 1.47 bits per heavy atom. The lowest BCUT2D eigenvalue weighted by molar-refractivity contribution is -0.164. The molecule has 0 saturated heterocycles. The van der Waals surface area contributed by atoms with E-state index in [-0.39, 0.29) is 18.5 Å². The molecule has 0 radical (unpaired) electrons.